The van der Waals surface area contributed by atoms with Crippen molar-refractivity contribution in [2.75, 3.05) is 6.54 Å². The van der Waals surface area contributed by atoms with Crippen molar-refractivity contribution in [2.24, 2.45) is 0 Å². The van der Waals surface area contributed by atoms with Crippen molar-refractivity contribution in [3.8, 4) is 0 Å². The molecular weight excluding hydrogens is 278 g/mol. The lowest BCUT2D eigenvalue weighted by atomic mass is 10.4. The van der Waals surface area contributed by atoms with Crippen molar-refractivity contribution in [3.63, 3.8) is 0 Å². The first-order valence-corrected chi connectivity index (χ1v) is 6.21. The van der Waals surface area contributed by atoms with Crippen molar-refractivity contribution < 1.29 is 4.52 Å². The Morgan fingerprint density at radius 1 is 1.53 bits per heavy atom. The highest BCUT2D eigenvalue weighted by Crippen LogP contribution is 2.21. The second-order valence-electron chi connectivity index (χ2n) is 2.95. The average Bonchev–Trinajstić information content (AvgIpc) is 2.85. The highest BCUT2D eigenvalue weighted by molar-refractivity contribution is 9.10. The molecule has 0 aromatic carbocycles. The summed E-state index contributed by atoms with van der Waals surface area (Å²) in [6.07, 6.45) is 2.19. The van der Waals surface area contributed by atoms with Crippen LogP contribution in [0.25, 0.3) is 0 Å². The van der Waals surface area contributed by atoms with Crippen LogP contribution in [0.1, 0.15) is 10.8 Å². The molecule has 0 aliphatic rings. The minimum Gasteiger partial charge on any atom is -0.340 e. The van der Waals surface area contributed by atoms with Crippen LogP contribution >= 0.6 is 27.3 Å². The third-order valence-electron chi connectivity index (χ3n) is 1.90. The number of aromatic nitrogens is 2. The number of hydrogen-bond donors (Lipinski definition) is 1. The Labute approximate surface area is 99.8 Å². The Balaban J connectivity index is 1.70. The summed E-state index contributed by atoms with van der Waals surface area (Å²) in [5, 5.41) is 8.93. The highest BCUT2D eigenvalue weighted by Gasteiger charge is 2.01. The molecule has 0 radical (unpaired) electrons. The summed E-state index contributed by atoms with van der Waals surface area (Å²) in [7, 11) is 0. The molecule has 6 heteroatoms. The first-order valence-electron chi connectivity index (χ1n) is 4.54. The molecule has 0 atom stereocenters. The minimum atomic E-state index is 0.674. The normalized spacial score (nSPS) is 10.7. The van der Waals surface area contributed by atoms with E-state index in [0.717, 1.165) is 24.0 Å². The second-order valence-corrected chi connectivity index (χ2v) is 4.81. The van der Waals surface area contributed by atoms with Gasteiger partial charge in [-0.2, -0.15) is 4.98 Å². The smallest absolute Gasteiger partial charge is 0.227 e. The Kier molecular flexibility index (Phi) is 3.87. The lowest BCUT2D eigenvalue weighted by Crippen LogP contribution is -2.16. The predicted octanol–water partition coefficient (Wildman–Crippen LogP) is 2.23. The van der Waals surface area contributed by atoms with Gasteiger partial charge in [0.05, 0.1) is 0 Å². The van der Waals surface area contributed by atoms with Crippen LogP contribution in [0.5, 0.6) is 0 Å². The number of nitrogens with one attached hydrogen (secondary N) is 1. The number of halogens is 1. The third-order valence-corrected chi connectivity index (χ3v) is 3.83. The van der Waals surface area contributed by atoms with E-state index in [4.69, 9.17) is 4.52 Å². The standard InChI is InChI=1S/C9H10BrN3OS/c10-7-2-4-15-8(7)5-11-3-1-9-12-6-13-14-9/h2,4,6,11H,1,3,5H2. The van der Waals surface area contributed by atoms with Gasteiger partial charge in [-0.3, -0.25) is 0 Å². The third kappa shape index (κ3) is 3.12. The van der Waals surface area contributed by atoms with Crippen molar-refractivity contribution in [3.05, 3.63) is 33.0 Å². The number of nitrogens with zero attached hydrogens (tertiary/aromatic N) is 2. The van der Waals surface area contributed by atoms with E-state index in [2.05, 4.69) is 42.8 Å². The van der Waals surface area contributed by atoms with Gasteiger partial charge in [-0.1, -0.05) is 5.16 Å². The summed E-state index contributed by atoms with van der Waals surface area (Å²) in [6.45, 7) is 1.71. The largest absolute Gasteiger partial charge is 0.340 e. The lowest BCUT2D eigenvalue weighted by molar-refractivity contribution is 0.375. The first kappa shape index (κ1) is 10.8. The van der Waals surface area contributed by atoms with Gasteiger partial charge in [0.15, 0.2) is 6.33 Å². The van der Waals surface area contributed by atoms with Gasteiger partial charge in [0.2, 0.25) is 5.89 Å². The van der Waals surface area contributed by atoms with Crippen LogP contribution in [0.3, 0.4) is 0 Å². The van der Waals surface area contributed by atoms with Gasteiger partial charge in [0.25, 0.3) is 0 Å². The molecule has 0 fully saturated rings. The first-order chi connectivity index (χ1) is 7.36. The molecule has 0 unspecified atom stereocenters. The lowest BCUT2D eigenvalue weighted by Gasteiger charge is -2.00. The zero-order valence-corrected chi connectivity index (χ0v) is 10.3. The van der Waals surface area contributed by atoms with Crippen molar-refractivity contribution >= 4 is 27.3 Å². The summed E-state index contributed by atoms with van der Waals surface area (Å²) in [5.74, 6) is 0.674. The molecule has 0 saturated carbocycles. The maximum absolute atomic E-state index is 4.89. The van der Waals surface area contributed by atoms with E-state index in [9.17, 15) is 0 Å². The van der Waals surface area contributed by atoms with Gasteiger partial charge in [0, 0.05) is 28.9 Å². The summed E-state index contributed by atoms with van der Waals surface area (Å²) >= 11 is 5.22. The maximum atomic E-state index is 4.89. The monoisotopic (exact) mass is 287 g/mol. The van der Waals surface area contributed by atoms with E-state index in [1.54, 1.807) is 11.3 Å². The fraction of sp³-hybridized carbons (Fsp3) is 0.333. The molecule has 80 valence electrons. The van der Waals surface area contributed by atoms with E-state index in [1.807, 2.05) is 0 Å². The summed E-state index contributed by atoms with van der Waals surface area (Å²) in [4.78, 5) is 5.25. The zero-order valence-electron chi connectivity index (χ0n) is 7.94. The highest BCUT2D eigenvalue weighted by atomic mass is 79.9. The topological polar surface area (TPSA) is 51.0 Å². The molecule has 2 aromatic rings. The Morgan fingerprint density at radius 3 is 3.13 bits per heavy atom. The number of rotatable bonds is 5. The average molecular weight is 288 g/mol. The summed E-state index contributed by atoms with van der Waals surface area (Å²) in [5.41, 5.74) is 0. The molecule has 0 aliphatic heterocycles. The summed E-state index contributed by atoms with van der Waals surface area (Å²) < 4.78 is 6.05. The van der Waals surface area contributed by atoms with Crippen LogP contribution in [0.2, 0.25) is 0 Å². The second kappa shape index (κ2) is 5.39. The Bertz CT molecular complexity index is 401. The summed E-state index contributed by atoms with van der Waals surface area (Å²) in [6, 6.07) is 2.06. The fourth-order valence-corrected chi connectivity index (χ4v) is 2.62. The zero-order chi connectivity index (χ0) is 10.5. The molecule has 0 bridgehead atoms. The van der Waals surface area contributed by atoms with Gasteiger partial charge in [-0.15, -0.1) is 11.3 Å². The van der Waals surface area contributed by atoms with E-state index in [-0.39, 0.29) is 0 Å². The fourth-order valence-electron chi connectivity index (χ4n) is 1.15. The van der Waals surface area contributed by atoms with E-state index < -0.39 is 0 Å². The van der Waals surface area contributed by atoms with Crippen LogP contribution in [0.15, 0.2) is 26.8 Å². The van der Waals surface area contributed by atoms with E-state index in [1.165, 1.54) is 11.2 Å². The van der Waals surface area contributed by atoms with Crippen LogP contribution in [-0.2, 0) is 13.0 Å². The molecule has 15 heavy (non-hydrogen) atoms. The minimum absolute atomic E-state index is 0.674. The molecular formula is C9H10BrN3OS. The Morgan fingerprint density at radius 2 is 2.47 bits per heavy atom. The maximum Gasteiger partial charge on any atom is 0.227 e. The van der Waals surface area contributed by atoms with Gasteiger partial charge < -0.3 is 9.84 Å². The van der Waals surface area contributed by atoms with Crippen molar-refractivity contribution in [1.82, 2.24) is 15.5 Å². The molecule has 2 rings (SSSR count). The van der Waals surface area contributed by atoms with Crippen molar-refractivity contribution in [2.45, 2.75) is 13.0 Å². The molecule has 0 aliphatic carbocycles. The van der Waals surface area contributed by atoms with Gasteiger partial charge in [-0.25, -0.2) is 0 Å². The quantitative estimate of drug-likeness (QED) is 0.857. The van der Waals surface area contributed by atoms with Crippen LogP contribution in [-0.4, -0.2) is 16.7 Å². The van der Waals surface area contributed by atoms with E-state index in [0.29, 0.717) is 5.89 Å². The molecule has 1 N–H and O–H groups in total. The molecule has 0 amide bonds. The number of thiophene rings is 1. The van der Waals surface area contributed by atoms with Gasteiger partial charge in [-0.05, 0) is 27.4 Å². The van der Waals surface area contributed by atoms with Gasteiger partial charge >= 0.3 is 0 Å². The molecule has 0 spiro atoms. The van der Waals surface area contributed by atoms with E-state index >= 15 is 0 Å². The molecule has 2 heterocycles. The molecule has 2 aromatic heterocycles. The Hall–Kier alpha value is -0.720. The van der Waals surface area contributed by atoms with Crippen molar-refractivity contribution in [1.29, 1.82) is 0 Å². The van der Waals surface area contributed by atoms with Crippen LogP contribution in [0.4, 0.5) is 0 Å². The van der Waals surface area contributed by atoms with Crippen LogP contribution in [0, 0.1) is 0 Å². The van der Waals surface area contributed by atoms with Crippen LogP contribution < -0.4 is 5.32 Å². The predicted molar refractivity (Wildman–Crippen MR) is 61.7 cm³/mol. The molecule has 0 saturated heterocycles. The van der Waals surface area contributed by atoms with Gasteiger partial charge in [0.1, 0.15) is 0 Å². The molecule has 4 nitrogen and oxygen atoms in total. The number of hydrogen-bond acceptors (Lipinski definition) is 5. The SMILES string of the molecule is Brc1ccsc1CNCCc1ncno1.